The quantitative estimate of drug-likeness (QED) is 0.140. The number of carbonyl (C=O) groups is 4. The van der Waals surface area contributed by atoms with Gasteiger partial charge in [0.2, 0.25) is 17.7 Å². The number of thioether (sulfide) groups is 1. The van der Waals surface area contributed by atoms with Crippen LogP contribution in [0.4, 0.5) is 0 Å². The van der Waals surface area contributed by atoms with E-state index >= 15 is 0 Å². The second-order valence-corrected chi connectivity index (χ2v) is 8.03. The van der Waals surface area contributed by atoms with Gasteiger partial charge in [-0.1, -0.05) is 0 Å². The smallest absolute Gasteiger partial charge is 0.326 e. The Kier molecular flexibility index (Phi) is 14.0. The number of carboxylic acids is 1. The lowest BCUT2D eigenvalue weighted by Gasteiger charge is -2.26. The molecule has 5 unspecified atom stereocenters. The molecule has 30 heavy (non-hydrogen) atoms. The molecule has 5 atom stereocenters. The molecule has 0 aliphatic rings. The van der Waals surface area contributed by atoms with Crippen molar-refractivity contribution in [1.29, 1.82) is 0 Å². The van der Waals surface area contributed by atoms with E-state index in [9.17, 15) is 29.4 Å². The minimum Gasteiger partial charge on any atom is -0.480 e. The maximum atomic E-state index is 12.7. The summed E-state index contributed by atoms with van der Waals surface area (Å²) in [6, 6.07) is -4.35. The molecule has 0 saturated carbocycles. The largest absolute Gasteiger partial charge is 0.480 e. The van der Waals surface area contributed by atoms with Gasteiger partial charge in [-0.25, -0.2) is 4.79 Å². The van der Waals surface area contributed by atoms with Crippen molar-refractivity contribution < 1.29 is 29.4 Å². The van der Waals surface area contributed by atoms with E-state index in [1.807, 2.05) is 6.26 Å². The molecule has 174 valence electrons. The van der Waals surface area contributed by atoms with Crippen LogP contribution in [0.3, 0.4) is 0 Å². The van der Waals surface area contributed by atoms with E-state index in [4.69, 9.17) is 11.5 Å². The van der Waals surface area contributed by atoms with Gasteiger partial charge in [-0.15, -0.1) is 0 Å². The fraction of sp³-hybridized carbons (Fsp3) is 0.778. The molecular formula is C18H35N5O6S. The van der Waals surface area contributed by atoms with E-state index < -0.39 is 54.0 Å². The Hall–Kier alpha value is -1.89. The standard InChI is InChI=1S/C18H35N5O6S/c1-10(20)15(25)23-14(11(2)24)17(27)21-12(6-4-5-8-19)16(26)22-13(18(28)29)7-9-30-3/h10-14,24H,4-9,19-20H2,1-3H3,(H,21,27)(H,22,26)(H,23,25)(H,28,29). The lowest BCUT2D eigenvalue weighted by molar-refractivity contribution is -0.142. The van der Waals surface area contributed by atoms with Crippen LogP contribution in [0.2, 0.25) is 0 Å². The van der Waals surface area contributed by atoms with E-state index in [2.05, 4.69) is 16.0 Å². The number of hydrogen-bond donors (Lipinski definition) is 7. The van der Waals surface area contributed by atoms with E-state index in [0.29, 0.717) is 25.1 Å². The second-order valence-electron chi connectivity index (χ2n) is 7.04. The second kappa shape index (κ2) is 15.0. The van der Waals surface area contributed by atoms with Gasteiger partial charge in [-0.3, -0.25) is 14.4 Å². The number of nitrogens with one attached hydrogen (secondary N) is 3. The molecule has 0 aromatic rings. The molecule has 0 radical (unpaired) electrons. The summed E-state index contributed by atoms with van der Waals surface area (Å²) < 4.78 is 0. The number of aliphatic carboxylic acids is 1. The number of hydrogen-bond acceptors (Lipinski definition) is 8. The third-order valence-electron chi connectivity index (χ3n) is 4.28. The van der Waals surface area contributed by atoms with Crippen molar-refractivity contribution in [1.82, 2.24) is 16.0 Å². The molecule has 0 fully saturated rings. The molecule has 0 heterocycles. The first-order chi connectivity index (χ1) is 14.0. The summed E-state index contributed by atoms with van der Waals surface area (Å²) in [6.45, 7) is 3.14. The summed E-state index contributed by atoms with van der Waals surface area (Å²) in [5.41, 5.74) is 11.0. The van der Waals surface area contributed by atoms with Gasteiger partial charge in [-0.2, -0.15) is 11.8 Å². The summed E-state index contributed by atoms with van der Waals surface area (Å²) in [5, 5.41) is 26.5. The van der Waals surface area contributed by atoms with Crippen LogP contribution < -0.4 is 27.4 Å². The van der Waals surface area contributed by atoms with Gasteiger partial charge in [-0.05, 0) is 58.1 Å². The van der Waals surface area contributed by atoms with Gasteiger partial charge < -0.3 is 37.6 Å². The molecule has 11 nitrogen and oxygen atoms in total. The van der Waals surface area contributed by atoms with Crippen molar-refractivity contribution in [2.45, 2.75) is 69.8 Å². The zero-order valence-corrected chi connectivity index (χ0v) is 18.5. The lowest BCUT2D eigenvalue weighted by Crippen LogP contribution is -2.59. The maximum Gasteiger partial charge on any atom is 0.326 e. The highest BCUT2D eigenvalue weighted by Crippen LogP contribution is 2.06. The van der Waals surface area contributed by atoms with E-state index in [1.54, 1.807) is 0 Å². The molecule has 0 aliphatic heterocycles. The minimum atomic E-state index is -1.32. The zero-order chi connectivity index (χ0) is 23.3. The van der Waals surface area contributed by atoms with Crippen molar-refractivity contribution in [3.05, 3.63) is 0 Å². The van der Waals surface area contributed by atoms with Crippen molar-refractivity contribution in [3.63, 3.8) is 0 Å². The number of carboxylic acid groups (broad SMARTS) is 1. The number of unbranched alkanes of at least 4 members (excludes halogenated alkanes) is 1. The van der Waals surface area contributed by atoms with Gasteiger partial charge >= 0.3 is 5.97 Å². The molecule has 0 aromatic heterocycles. The van der Waals surface area contributed by atoms with Crippen LogP contribution in [0.25, 0.3) is 0 Å². The Morgan fingerprint density at radius 2 is 1.53 bits per heavy atom. The lowest BCUT2D eigenvalue weighted by atomic mass is 10.1. The van der Waals surface area contributed by atoms with Crippen molar-refractivity contribution in [2.24, 2.45) is 11.5 Å². The van der Waals surface area contributed by atoms with Gasteiger partial charge in [0.05, 0.1) is 12.1 Å². The minimum absolute atomic E-state index is 0.220. The van der Waals surface area contributed by atoms with E-state index in [1.165, 1.54) is 25.6 Å². The summed E-state index contributed by atoms with van der Waals surface area (Å²) in [4.78, 5) is 48.5. The van der Waals surface area contributed by atoms with Crippen LogP contribution in [-0.4, -0.2) is 82.7 Å². The number of rotatable bonds is 15. The fourth-order valence-electron chi connectivity index (χ4n) is 2.48. The first-order valence-electron chi connectivity index (χ1n) is 9.81. The Morgan fingerprint density at radius 1 is 0.933 bits per heavy atom. The number of carbonyl (C=O) groups excluding carboxylic acids is 3. The molecule has 0 spiro atoms. The topological polar surface area (TPSA) is 197 Å². The molecule has 0 rings (SSSR count). The zero-order valence-electron chi connectivity index (χ0n) is 17.7. The highest BCUT2D eigenvalue weighted by atomic mass is 32.2. The van der Waals surface area contributed by atoms with E-state index in [0.717, 1.165) is 0 Å². The van der Waals surface area contributed by atoms with Gasteiger partial charge in [0, 0.05) is 0 Å². The highest BCUT2D eigenvalue weighted by molar-refractivity contribution is 7.98. The number of nitrogens with two attached hydrogens (primary N) is 2. The summed E-state index contributed by atoms with van der Waals surface area (Å²) >= 11 is 1.45. The average Bonchev–Trinajstić information content (AvgIpc) is 2.67. The predicted molar refractivity (Wildman–Crippen MR) is 115 cm³/mol. The van der Waals surface area contributed by atoms with E-state index in [-0.39, 0.29) is 12.8 Å². The normalized spacial score (nSPS) is 15.9. The highest BCUT2D eigenvalue weighted by Gasteiger charge is 2.31. The van der Waals surface area contributed by atoms with Crippen molar-refractivity contribution in [3.8, 4) is 0 Å². The summed E-state index contributed by atoms with van der Waals surface area (Å²) in [7, 11) is 0. The fourth-order valence-corrected chi connectivity index (χ4v) is 2.95. The Morgan fingerprint density at radius 3 is 2.00 bits per heavy atom. The monoisotopic (exact) mass is 449 g/mol. The third-order valence-corrected chi connectivity index (χ3v) is 4.93. The Balaban J connectivity index is 5.32. The molecule has 3 amide bonds. The molecule has 12 heteroatoms. The van der Waals surface area contributed by atoms with Crippen LogP contribution in [0, 0.1) is 0 Å². The summed E-state index contributed by atoms with van der Waals surface area (Å²) in [6.07, 6.45) is 2.15. The first kappa shape index (κ1) is 28.1. The van der Waals surface area contributed by atoms with Gasteiger partial charge in [0.15, 0.2) is 0 Å². The summed E-state index contributed by atoms with van der Waals surface area (Å²) in [5.74, 6) is -2.70. The Bertz CT molecular complexity index is 575. The molecular weight excluding hydrogens is 414 g/mol. The number of amides is 3. The van der Waals surface area contributed by atoms with Crippen LogP contribution in [0.1, 0.15) is 39.5 Å². The molecule has 0 saturated heterocycles. The van der Waals surface area contributed by atoms with Crippen molar-refractivity contribution in [2.75, 3.05) is 18.6 Å². The van der Waals surface area contributed by atoms with Crippen molar-refractivity contribution >= 4 is 35.5 Å². The van der Waals surface area contributed by atoms with Crippen LogP contribution in [0.5, 0.6) is 0 Å². The van der Waals surface area contributed by atoms with Crippen LogP contribution in [0.15, 0.2) is 0 Å². The SMILES string of the molecule is CSCCC(NC(=O)C(CCCCN)NC(=O)C(NC(=O)C(C)N)C(C)O)C(=O)O. The number of aliphatic hydroxyl groups is 1. The molecule has 0 bridgehead atoms. The first-order valence-corrected chi connectivity index (χ1v) is 11.2. The predicted octanol–water partition coefficient (Wildman–Crippen LogP) is -1.86. The Labute approximate surface area is 181 Å². The average molecular weight is 450 g/mol. The molecule has 9 N–H and O–H groups in total. The number of aliphatic hydroxyl groups excluding tert-OH is 1. The maximum absolute atomic E-state index is 12.7. The van der Waals surface area contributed by atoms with Crippen LogP contribution >= 0.6 is 11.8 Å². The molecule has 0 aliphatic carbocycles. The molecule has 0 aromatic carbocycles. The van der Waals surface area contributed by atoms with Crippen LogP contribution in [-0.2, 0) is 19.2 Å². The van der Waals surface area contributed by atoms with Gasteiger partial charge in [0.25, 0.3) is 0 Å². The van der Waals surface area contributed by atoms with Gasteiger partial charge in [0.1, 0.15) is 18.1 Å². The third kappa shape index (κ3) is 10.8.